The van der Waals surface area contributed by atoms with Crippen LogP contribution >= 0.6 is 24.0 Å². The van der Waals surface area contributed by atoms with Gasteiger partial charge in [-0.05, 0) is 56.4 Å². The first-order valence-corrected chi connectivity index (χ1v) is 13.4. The van der Waals surface area contributed by atoms with E-state index in [4.69, 9.17) is 12.2 Å². The summed E-state index contributed by atoms with van der Waals surface area (Å²) < 4.78 is 2.60. The molecule has 3 aromatic rings. The Hall–Kier alpha value is -2.90. The standard InChI is InChI=1S/C28H29N3O2S2/c1-3-20-11-9-14-23-21(16-24-27(33)31(28(34)35-24)22-12-5-4-6-13-22)17-29(26(20)23)18-25(32)30-15-8-7-10-19(30)2/h4-6,9,11-14,16-17,19H,3,7-8,10,15,18H2,1-2H3/b24-16-/t19-/m1/s1. The molecule has 1 aromatic heterocycles. The van der Waals surface area contributed by atoms with Gasteiger partial charge in [-0.25, -0.2) is 0 Å². The molecule has 0 aliphatic carbocycles. The van der Waals surface area contributed by atoms with Crippen molar-refractivity contribution >= 4 is 62.8 Å². The van der Waals surface area contributed by atoms with Gasteiger partial charge in [-0.15, -0.1) is 0 Å². The molecular weight excluding hydrogens is 474 g/mol. The quantitative estimate of drug-likeness (QED) is 0.316. The summed E-state index contributed by atoms with van der Waals surface area (Å²) >= 11 is 6.87. The third kappa shape index (κ3) is 4.55. The molecule has 0 saturated carbocycles. The number of carbonyl (C=O) groups excluding carboxylic acids is 2. The number of aromatic nitrogens is 1. The maximum atomic E-state index is 13.3. The molecule has 2 amide bonds. The van der Waals surface area contributed by atoms with E-state index in [0.29, 0.717) is 15.8 Å². The highest BCUT2D eigenvalue weighted by Gasteiger charge is 2.33. The number of nitrogens with zero attached hydrogens (tertiary/aromatic N) is 3. The summed E-state index contributed by atoms with van der Waals surface area (Å²) in [5, 5.41) is 1.05. The largest absolute Gasteiger partial charge is 0.338 e. The molecule has 5 nitrogen and oxygen atoms in total. The van der Waals surface area contributed by atoms with Gasteiger partial charge in [-0.3, -0.25) is 14.5 Å². The molecule has 0 bridgehead atoms. The fourth-order valence-corrected chi connectivity index (χ4v) is 6.39. The SMILES string of the molecule is CCc1cccc2c(/C=C3\SC(=S)N(c4ccccc4)C3=O)cn(CC(=O)N3CCCC[C@H]3C)c12. The molecule has 2 saturated heterocycles. The van der Waals surface area contributed by atoms with E-state index in [1.807, 2.05) is 53.6 Å². The summed E-state index contributed by atoms with van der Waals surface area (Å²) in [4.78, 5) is 30.8. The van der Waals surface area contributed by atoms with Crippen LogP contribution in [0, 0.1) is 0 Å². The molecule has 2 aliphatic heterocycles. The molecule has 0 spiro atoms. The Balaban J connectivity index is 1.52. The van der Waals surface area contributed by atoms with Crippen LogP contribution in [0.5, 0.6) is 0 Å². The number of thioether (sulfide) groups is 1. The summed E-state index contributed by atoms with van der Waals surface area (Å²) in [5.41, 5.74) is 3.97. The van der Waals surface area contributed by atoms with Gasteiger partial charge in [0, 0.05) is 29.7 Å². The molecule has 3 heterocycles. The van der Waals surface area contributed by atoms with Crippen LogP contribution in [0.2, 0.25) is 0 Å². The Morgan fingerprint density at radius 2 is 1.94 bits per heavy atom. The topological polar surface area (TPSA) is 45.6 Å². The molecule has 35 heavy (non-hydrogen) atoms. The first-order chi connectivity index (χ1) is 17.0. The first kappa shape index (κ1) is 23.8. The van der Waals surface area contributed by atoms with Crippen LogP contribution < -0.4 is 4.90 Å². The Kier molecular flexibility index (Phi) is 6.80. The molecule has 0 N–H and O–H groups in total. The van der Waals surface area contributed by atoms with Crippen LogP contribution in [0.1, 0.15) is 44.2 Å². The summed E-state index contributed by atoms with van der Waals surface area (Å²) in [6.45, 7) is 5.40. The molecule has 180 valence electrons. The summed E-state index contributed by atoms with van der Waals surface area (Å²) in [6, 6.07) is 16.0. The molecular formula is C28H29N3O2S2. The highest BCUT2D eigenvalue weighted by molar-refractivity contribution is 8.27. The minimum absolute atomic E-state index is 0.114. The van der Waals surface area contributed by atoms with Crippen molar-refractivity contribution in [2.45, 2.75) is 52.1 Å². The van der Waals surface area contributed by atoms with Crippen molar-refractivity contribution in [2.24, 2.45) is 0 Å². The summed E-state index contributed by atoms with van der Waals surface area (Å²) in [7, 11) is 0. The van der Waals surface area contributed by atoms with Crippen LogP contribution in [0.25, 0.3) is 17.0 Å². The third-order valence-electron chi connectivity index (χ3n) is 6.92. The summed E-state index contributed by atoms with van der Waals surface area (Å²) in [6.07, 6.45) is 8.12. The van der Waals surface area contributed by atoms with Gasteiger partial charge in [-0.2, -0.15) is 0 Å². The van der Waals surface area contributed by atoms with E-state index in [0.717, 1.165) is 48.0 Å². The zero-order chi connectivity index (χ0) is 24.5. The molecule has 0 unspecified atom stereocenters. The number of hydrogen-bond donors (Lipinski definition) is 0. The van der Waals surface area contributed by atoms with Crippen LogP contribution in [-0.2, 0) is 22.6 Å². The van der Waals surface area contributed by atoms with Crippen molar-refractivity contribution in [3.63, 3.8) is 0 Å². The summed E-state index contributed by atoms with van der Waals surface area (Å²) in [5.74, 6) is 0.0407. The average molecular weight is 504 g/mol. The van der Waals surface area contributed by atoms with E-state index < -0.39 is 0 Å². The number of para-hydroxylation sites is 2. The van der Waals surface area contributed by atoms with Crippen molar-refractivity contribution in [3.8, 4) is 0 Å². The number of thiocarbonyl (C=S) groups is 1. The Morgan fingerprint density at radius 1 is 1.14 bits per heavy atom. The van der Waals surface area contributed by atoms with Crippen LogP contribution in [-0.4, -0.2) is 38.2 Å². The molecule has 2 fully saturated rings. The lowest BCUT2D eigenvalue weighted by molar-refractivity contribution is -0.135. The lowest BCUT2D eigenvalue weighted by Crippen LogP contribution is -2.43. The molecule has 5 rings (SSSR count). The number of likely N-dealkylation sites (tertiary alicyclic amines) is 1. The zero-order valence-electron chi connectivity index (χ0n) is 20.1. The second kappa shape index (κ2) is 9.99. The predicted molar refractivity (Wildman–Crippen MR) is 148 cm³/mol. The zero-order valence-corrected chi connectivity index (χ0v) is 21.7. The van der Waals surface area contributed by atoms with Gasteiger partial charge >= 0.3 is 0 Å². The van der Waals surface area contributed by atoms with E-state index in [-0.39, 0.29) is 17.9 Å². The number of piperidine rings is 1. The second-order valence-corrected chi connectivity index (χ2v) is 10.8. The highest BCUT2D eigenvalue weighted by atomic mass is 32.2. The first-order valence-electron chi connectivity index (χ1n) is 12.2. The van der Waals surface area contributed by atoms with Crippen molar-refractivity contribution in [2.75, 3.05) is 11.4 Å². The number of aryl methyl sites for hydroxylation is 1. The van der Waals surface area contributed by atoms with Crippen LogP contribution in [0.4, 0.5) is 5.69 Å². The number of anilines is 1. The number of benzene rings is 2. The van der Waals surface area contributed by atoms with Gasteiger partial charge in [0.2, 0.25) is 5.91 Å². The highest BCUT2D eigenvalue weighted by Crippen LogP contribution is 2.37. The Bertz CT molecular complexity index is 1330. The van der Waals surface area contributed by atoms with E-state index in [1.165, 1.54) is 23.7 Å². The van der Waals surface area contributed by atoms with Crippen molar-refractivity contribution in [3.05, 3.63) is 70.8 Å². The van der Waals surface area contributed by atoms with Gasteiger partial charge in [0.15, 0.2) is 4.32 Å². The van der Waals surface area contributed by atoms with Gasteiger partial charge in [0.25, 0.3) is 5.91 Å². The second-order valence-electron chi connectivity index (χ2n) is 9.16. The fourth-order valence-electron chi connectivity index (χ4n) is 5.10. The van der Waals surface area contributed by atoms with E-state index in [9.17, 15) is 9.59 Å². The number of amides is 2. The fraction of sp³-hybridized carbons (Fsp3) is 0.321. The molecule has 2 aromatic carbocycles. The maximum absolute atomic E-state index is 13.3. The predicted octanol–water partition coefficient (Wildman–Crippen LogP) is 6.01. The smallest absolute Gasteiger partial charge is 0.270 e. The van der Waals surface area contributed by atoms with Gasteiger partial charge < -0.3 is 9.47 Å². The van der Waals surface area contributed by atoms with Crippen molar-refractivity contribution < 1.29 is 9.59 Å². The lowest BCUT2D eigenvalue weighted by atomic mass is 10.0. The monoisotopic (exact) mass is 503 g/mol. The lowest BCUT2D eigenvalue weighted by Gasteiger charge is -2.33. The van der Waals surface area contributed by atoms with Crippen LogP contribution in [0.15, 0.2) is 59.6 Å². The number of carbonyl (C=O) groups is 2. The van der Waals surface area contributed by atoms with E-state index in [1.54, 1.807) is 4.90 Å². The number of fused-ring (bicyclic) bond motifs is 1. The Morgan fingerprint density at radius 3 is 2.69 bits per heavy atom. The number of hydrogen-bond acceptors (Lipinski definition) is 4. The molecule has 2 aliphatic rings. The Labute approximate surface area is 215 Å². The maximum Gasteiger partial charge on any atom is 0.270 e. The van der Waals surface area contributed by atoms with Crippen molar-refractivity contribution in [1.82, 2.24) is 9.47 Å². The molecule has 0 radical (unpaired) electrons. The molecule has 1 atom stereocenters. The van der Waals surface area contributed by atoms with Crippen LogP contribution in [0.3, 0.4) is 0 Å². The van der Waals surface area contributed by atoms with Crippen molar-refractivity contribution in [1.29, 1.82) is 0 Å². The van der Waals surface area contributed by atoms with E-state index >= 15 is 0 Å². The van der Waals surface area contributed by atoms with Gasteiger partial charge in [0.1, 0.15) is 6.54 Å². The van der Waals surface area contributed by atoms with E-state index in [2.05, 4.69) is 30.5 Å². The minimum Gasteiger partial charge on any atom is -0.338 e. The minimum atomic E-state index is -0.114. The molecule has 7 heteroatoms. The third-order valence-corrected chi connectivity index (χ3v) is 8.22. The van der Waals surface area contributed by atoms with Gasteiger partial charge in [0.05, 0.1) is 16.1 Å². The average Bonchev–Trinajstić information content (AvgIpc) is 3.35. The number of rotatable bonds is 5. The normalized spacial score (nSPS) is 19.8. The van der Waals surface area contributed by atoms with Gasteiger partial charge in [-0.1, -0.05) is 67.3 Å².